The van der Waals surface area contributed by atoms with E-state index in [-0.39, 0.29) is 11.4 Å². The average Bonchev–Trinajstić information content (AvgIpc) is 2.94. The Morgan fingerprint density at radius 2 is 1.92 bits per heavy atom. The SMILES string of the molecule is Cc1n[nH]c(C)c1N1CCN(c2ccc(F)c(/C(N)=N/NN)c2)CC1. The smallest absolute Gasteiger partial charge is 0.155 e. The van der Waals surface area contributed by atoms with Crippen LogP contribution in [0.2, 0.25) is 0 Å². The molecule has 134 valence electrons. The van der Waals surface area contributed by atoms with Gasteiger partial charge in [0.1, 0.15) is 5.82 Å². The van der Waals surface area contributed by atoms with Gasteiger partial charge in [0, 0.05) is 31.9 Å². The van der Waals surface area contributed by atoms with E-state index in [0.29, 0.717) is 0 Å². The first kappa shape index (κ1) is 17.0. The number of anilines is 2. The summed E-state index contributed by atoms with van der Waals surface area (Å²) >= 11 is 0. The highest BCUT2D eigenvalue weighted by atomic mass is 19.1. The number of hydrazine groups is 1. The number of hydrogen-bond donors (Lipinski definition) is 4. The number of hydrogen-bond acceptors (Lipinski definition) is 6. The zero-order chi connectivity index (χ0) is 18.0. The summed E-state index contributed by atoms with van der Waals surface area (Å²) in [4.78, 5) is 4.52. The average molecular weight is 346 g/mol. The number of nitrogens with zero attached hydrogens (tertiary/aromatic N) is 4. The number of aryl methyl sites for hydroxylation is 2. The minimum Gasteiger partial charge on any atom is -0.382 e. The molecular formula is C16H23FN8. The van der Waals surface area contributed by atoms with E-state index in [1.54, 1.807) is 12.1 Å². The molecule has 0 amide bonds. The Balaban J connectivity index is 1.75. The van der Waals surface area contributed by atoms with Crippen LogP contribution in [0.15, 0.2) is 23.3 Å². The summed E-state index contributed by atoms with van der Waals surface area (Å²) in [5.74, 6) is 4.71. The van der Waals surface area contributed by atoms with Gasteiger partial charge in [-0.05, 0) is 32.0 Å². The van der Waals surface area contributed by atoms with Gasteiger partial charge in [-0.3, -0.25) is 5.10 Å². The van der Waals surface area contributed by atoms with Crippen molar-refractivity contribution in [2.45, 2.75) is 13.8 Å². The van der Waals surface area contributed by atoms with Gasteiger partial charge in [0.15, 0.2) is 5.84 Å². The first-order chi connectivity index (χ1) is 12.0. The highest BCUT2D eigenvalue weighted by Crippen LogP contribution is 2.26. The Morgan fingerprint density at radius 1 is 1.24 bits per heavy atom. The highest BCUT2D eigenvalue weighted by molar-refractivity contribution is 5.98. The van der Waals surface area contributed by atoms with Crippen molar-refractivity contribution in [3.05, 3.63) is 41.0 Å². The third-order valence-electron chi connectivity index (χ3n) is 4.46. The first-order valence-corrected chi connectivity index (χ1v) is 8.11. The maximum absolute atomic E-state index is 14.0. The third kappa shape index (κ3) is 3.36. The number of nitrogens with one attached hydrogen (secondary N) is 2. The Hall–Kier alpha value is -2.81. The molecule has 25 heavy (non-hydrogen) atoms. The fourth-order valence-electron chi connectivity index (χ4n) is 3.24. The van der Waals surface area contributed by atoms with Crippen LogP contribution in [0.25, 0.3) is 0 Å². The number of amidine groups is 1. The van der Waals surface area contributed by atoms with Crippen molar-refractivity contribution in [3.63, 3.8) is 0 Å². The topological polar surface area (TPSA) is 112 Å². The number of aromatic nitrogens is 2. The minimum absolute atomic E-state index is 0.0186. The van der Waals surface area contributed by atoms with E-state index in [9.17, 15) is 4.39 Å². The van der Waals surface area contributed by atoms with Crippen molar-refractivity contribution in [1.82, 2.24) is 15.7 Å². The van der Waals surface area contributed by atoms with Crippen molar-refractivity contribution in [3.8, 4) is 0 Å². The third-order valence-corrected chi connectivity index (χ3v) is 4.46. The summed E-state index contributed by atoms with van der Waals surface area (Å²) < 4.78 is 14.0. The van der Waals surface area contributed by atoms with E-state index in [1.165, 1.54) is 11.8 Å². The van der Waals surface area contributed by atoms with E-state index in [1.807, 2.05) is 13.8 Å². The Kier molecular flexibility index (Phi) is 4.75. The van der Waals surface area contributed by atoms with Crippen LogP contribution >= 0.6 is 0 Å². The summed E-state index contributed by atoms with van der Waals surface area (Å²) in [6.45, 7) is 7.40. The summed E-state index contributed by atoms with van der Waals surface area (Å²) in [6, 6.07) is 4.86. The van der Waals surface area contributed by atoms with Crippen molar-refractivity contribution in [1.29, 1.82) is 0 Å². The van der Waals surface area contributed by atoms with Gasteiger partial charge >= 0.3 is 0 Å². The van der Waals surface area contributed by atoms with Crippen LogP contribution in [0.4, 0.5) is 15.8 Å². The summed E-state index contributed by atoms with van der Waals surface area (Å²) in [5, 5.41) is 10.9. The summed E-state index contributed by atoms with van der Waals surface area (Å²) in [7, 11) is 0. The fourth-order valence-corrected chi connectivity index (χ4v) is 3.24. The number of H-pyrrole nitrogens is 1. The van der Waals surface area contributed by atoms with Gasteiger partial charge in [0.2, 0.25) is 0 Å². The molecule has 6 N–H and O–H groups in total. The second kappa shape index (κ2) is 6.98. The largest absolute Gasteiger partial charge is 0.382 e. The van der Waals surface area contributed by atoms with Crippen LogP contribution in [0.1, 0.15) is 17.0 Å². The maximum atomic E-state index is 14.0. The van der Waals surface area contributed by atoms with E-state index < -0.39 is 5.82 Å². The molecule has 9 heteroatoms. The molecule has 0 radical (unpaired) electrons. The fraction of sp³-hybridized carbons (Fsp3) is 0.375. The van der Waals surface area contributed by atoms with Crippen LogP contribution in [-0.4, -0.2) is 42.2 Å². The zero-order valence-corrected chi connectivity index (χ0v) is 14.4. The van der Waals surface area contributed by atoms with Crippen LogP contribution < -0.4 is 26.9 Å². The lowest BCUT2D eigenvalue weighted by Crippen LogP contribution is -2.47. The monoisotopic (exact) mass is 346 g/mol. The molecule has 2 aromatic rings. The maximum Gasteiger partial charge on any atom is 0.155 e. The quantitative estimate of drug-likeness (QED) is 0.279. The molecule has 2 heterocycles. The lowest BCUT2D eigenvalue weighted by molar-refractivity contribution is 0.621. The molecular weight excluding hydrogens is 323 g/mol. The molecule has 0 saturated carbocycles. The van der Waals surface area contributed by atoms with Crippen LogP contribution in [-0.2, 0) is 0 Å². The minimum atomic E-state index is -0.427. The molecule has 0 aliphatic carbocycles. The molecule has 1 aromatic heterocycles. The Morgan fingerprint density at radius 3 is 2.52 bits per heavy atom. The molecule has 1 aliphatic rings. The number of aromatic amines is 1. The number of benzene rings is 1. The normalized spacial score (nSPS) is 15.6. The van der Waals surface area contributed by atoms with Crippen LogP contribution in [0, 0.1) is 19.7 Å². The van der Waals surface area contributed by atoms with Crippen molar-refractivity contribution < 1.29 is 4.39 Å². The zero-order valence-electron chi connectivity index (χ0n) is 14.4. The molecule has 1 aromatic carbocycles. The van der Waals surface area contributed by atoms with Crippen LogP contribution in [0.5, 0.6) is 0 Å². The molecule has 0 unspecified atom stereocenters. The van der Waals surface area contributed by atoms with E-state index in [2.05, 4.69) is 30.6 Å². The molecule has 1 fully saturated rings. The number of nitrogens with two attached hydrogens (primary N) is 2. The predicted molar refractivity (Wildman–Crippen MR) is 96.9 cm³/mol. The number of hydrazone groups is 1. The Bertz CT molecular complexity index is 757. The molecule has 8 nitrogen and oxygen atoms in total. The molecule has 0 spiro atoms. The van der Waals surface area contributed by atoms with Gasteiger partial charge in [0.25, 0.3) is 0 Å². The first-order valence-electron chi connectivity index (χ1n) is 8.11. The summed E-state index contributed by atoms with van der Waals surface area (Å²) in [5.41, 5.74) is 12.2. The molecule has 1 saturated heterocycles. The number of piperazine rings is 1. The van der Waals surface area contributed by atoms with E-state index in [4.69, 9.17) is 11.6 Å². The van der Waals surface area contributed by atoms with E-state index in [0.717, 1.165) is 43.3 Å². The molecule has 0 bridgehead atoms. The standard InChI is InChI=1S/C16H23FN8/c1-10-15(11(2)21-20-10)25-7-5-24(6-8-25)12-3-4-14(17)13(9-12)16(18)22-23-19/h3-4,9,23H,5-8,19H2,1-2H3,(H2,18,22)(H,20,21). The van der Waals surface area contributed by atoms with E-state index >= 15 is 0 Å². The lowest BCUT2D eigenvalue weighted by atomic mass is 10.1. The lowest BCUT2D eigenvalue weighted by Gasteiger charge is -2.37. The van der Waals surface area contributed by atoms with Gasteiger partial charge in [-0.15, -0.1) is 5.10 Å². The van der Waals surface area contributed by atoms with Crippen molar-refractivity contribution in [2.24, 2.45) is 16.7 Å². The van der Waals surface area contributed by atoms with Gasteiger partial charge in [-0.1, -0.05) is 0 Å². The summed E-state index contributed by atoms with van der Waals surface area (Å²) in [6.07, 6.45) is 0. The van der Waals surface area contributed by atoms with Gasteiger partial charge < -0.3 is 15.5 Å². The Labute approximate surface area is 145 Å². The van der Waals surface area contributed by atoms with Gasteiger partial charge in [0.05, 0.1) is 22.6 Å². The second-order valence-electron chi connectivity index (χ2n) is 6.05. The van der Waals surface area contributed by atoms with Crippen LogP contribution in [0.3, 0.4) is 0 Å². The van der Waals surface area contributed by atoms with Gasteiger partial charge in [-0.25, -0.2) is 15.8 Å². The van der Waals surface area contributed by atoms with Gasteiger partial charge in [-0.2, -0.15) is 5.10 Å². The molecule has 0 atom stereocenters. The number of halogens is 1. The molecule has 1 aliphatic heterocycles. The number of rotatable bonds is 4. The highest BCUT2D eigenvalue weighted by Gasteiger charge is 2.22. The second-order valence-corrected chi connectivity index (χ2v) is 6.05. The van der Waals surface area contributed by atoms with Crippen molar-refractivity contribution in [2.75, 3.05) is 36.0 Å². The van der Waals surface area contributed by atoms with Crippen molar-refractivity contribution >= 4 is 17.2 Å². The predicted octanol–water partition coefficient (Wildman–Crippen LogP) is 0.576. The molecule has 3 rings (SSSR count).